The third kappa shape index (κ3) is 4.21. The molecule has 0 bridgehead atoms. The van der Waals surface area contributed by atoms with Crippen LogP contribution in [0, 0.1) is 11.6 Å². The van der Waals surface area contributed by atoms with Gasteiger partial charge in [0.25, 0.3) is 5.91 Å². The molecule has 0 aliphatic carbocycles. The van der Waals surface area contributed by atoms with Gasteiger partial charge in [0.2, 0.25) is 0 Å². The van der Waals surface area contributed by atoms with Gasteiger partial charge >= 0.3 is 0 Å². The van der Waals surface area contributed by atoms with Gasteiger partial charge in [0.15, 0.2) is 11.6 Å². The molecule has 1 unspecified atom stereocenters. The van der Waals surface area contributed by atoms with Crippen LogP contribution in [0.4, 0.5) is 8.78 Å². The van der Waals surface area contributed by atoms with E-state index in [-0.39, 0.29) is 12.0 Å². The Bertz CT molecular complexity index is 750. The highest BCUT2D eigenvalue weighted by Gasteiger charge is 2.23. The number of carbonyl (C=O) groups excluding carboxylic acids is 1. The summed E-state index contributed by atoms with van der Waals surface area (Å²) in [6, 6.07) is 11.3. The van der Waals surface area contributed by atoms with Gasteiger partial charge < -0.3 is 10.1 Å². The summed E-state index contributed by atoms with van der Waals surface area (Å²) in [6.45, 7) is 2.59. The van der Waals surface area contributed by atoms with Crippen molar-refractivity contribution >= 4 is 5.91 Å². The zero-order valence-electron chi connectivity index (χ0n) is 14.0. The fourth-order valence-corrected chi connectivity index (χ4v) is 2.92. The summed E-state index contributed by atoms with van der Waals surface area (Å²) in [7, 11) is 1.60. The van der Waals surface area contributed by atoms with Gasteiger partial charge in [0.1, 0.15) is 0 Å². The average molecular weight is 346 g/mol. The Morgan fingerprint density at radius 3 is 2.64 bits per heavy atom. The zero-order chi connectivity index (χ0) is 17.8. The first kappa shape index (κ1) is 17.5. The van der Waals surface area contributed by atoms with Gasteiger partial charge in [0.05, 0.1) is 12.7 Å². The number of carbonyl (C=O) groups is 1. The largest absolute Gasteiger partial charge is 0.371 e. The molecule has 1 heterocycles. The van der Waals surface area contributed by atoms with Crippen LogP contribution in [-0.2, 0) is 11.3 Å². The minimum Gasteiger partial charge on any atom is -0.371 e. The fourth-order valence-electron chi connectivity index (χ4n) is 2.92. The van der Waals surface area contributed by atoms with Crippen molar-refractivity contribution in [3.05, 3.63) is 70.8 Å². The molecule has 3 rings (SSSR count). The lowest BCUT2D eigenvalue weighted by atomic mass is 10.1. The Morgan fingerprint density at radius 2 is 1.96 bits per heavy atom. The minimum absolute atomic E-state index is 0.115. The van der Waals surface area contributed by atoms with Crippen molar-refractivity contribution in [2.24, 2.45) is 0 Å². The van der Waals surface area contributed by atoms with Gasteiger partial charge in [-0.2, -0.15) is 0 Å². The molecule has 132 valence electrons. The molecule has 0 spiro atoms. The molecule has 1 aliphatic rings. The molecule has 6 heteroatoms. The van der Waals surface area contributed by atoms with Crippen LogP contribution in [0.15, 0.2) is 42.5 Å². The van der Waals surface area contributed by atoms with Crippen LogP contribution in [0.5, 0.6) is 0 Å². The predicted octanol–water partition coefficient (Wildman–Crippen LogP) is 2.90. The lowest BCUT2D eigenvalue weighted by molar-refractivity contribution is -0.0330. The van der Waals surface area contributed by atoms with Crippen molar-refractivity contribution in [1.82, 2.24) is 10.2 Å². The molecule has 0 aromatic heterocycles. The van der Waals surface area contributed by atoms with Crippen LogP contribution in [0.3, 0.4) is 0 Å². The van der Waals surface area contributed by atoms with E-state index in [0.29, 0.717) is 30.8 Å². The first-order valence-corrected chi connectivity index (χ1v) is 8.17. The summed E-state index contributed by atoms with van der Waals surface area (Å²) >= 11 is 0. The number of halogens is 2. The molecule has 1 amide bonds. The summed E-state index contributed by atoms with van der Waals surface area (Å²) < 4.78 is 32.2. The Labute approximate surface area is 145 Å². The highest BCUT2D eigenvalue weighted by Crippen LogP contribution is 2.24. The lowest BCUT2D eigenvalue weighted by Gasteiger charge is -2.33. The molecule has 2 aromatic rings. The molecule has 0 radical (unpaired) electrons. The Hall–Kier alpha value is -2.31. The summed E-state index contributed by atoms with van der Waals surface area (Å²) in [5, 5.41) is 2.59. The predicted molar refractivity (Wildman–Crippen MR) is 90.2 cm³/mol. The summed E-state index contributed by atoms with van der Waals surface area (Å²) in [5.41, 5.74) is 2.34. The van der Waals surface area contributed by atoms with E-state index < -0.39 is 11.6 Å². The normalized spacial score (nSPS) is 18.1. The number of rotatable bonds is 4. The third-order valence-electron chi connectivity index (χ3n) is 4.32. The molecule has 4 nitrogen and oxygen atoms in total. The highest BCUT2D eigenvalue weighted by molar-refractivity contribution is 5.93. The molecular weight excluding hydrogens is 326 g/mol. The fraction of sp³-hybridized carbons (Fsp3) is 0.316. The SMILES string of the molecule is CNC(=O)c1ccc(CN2CCOC(c3ccc(F)c(F)c3)C2)cc1. The Balaban J connectivity index is 1.65. The topological polar surface area (TPSA) is 41.6 Å². The molecule has 1 aliphatic heterocycles. The zero-order valence-corrected chi connectivity index (χ0v) is 14.0. The van der Waals surface area contributed by atoms with Gasteiger partial charge in [-0.1, -0.05) is 18.2 Å². The number of nitrogens with zero attached hydrogens (tertiary/aromatic N) is 1. The number of amides is 1. The van der Waals surface area contributed by atoms with Crippen LogP contribution in [0.2, 0.25) is 0 Å². The number of hydrogen-bond donors (Lipinski definition) is 1. The molecule has 1 atom stereocenters. The van der Waals surface area contributed by atoms with Crippen molar-refractivity contribution in [2.45, 2.75) is 12.6 Å². The number of morpholine rings is 1. The maximum Gasteiger partial charge on any atom is 0.251 e. The smallest absolute Gasteiger partial charge is 0.251 e. The molecule has 0 saturated carbocycles. The maximum atomic E-state index is 13.4. The van der Waals surface area contributed by atoms with Crippen molar-refractivity contribution in [3.63, 3.8) is 0 Å². The first-order valence-electron chi connectivity index (χ1n) is 8.17. The van der Waals surface area contributed by atoms with Gasteiger partial charge in [-0.3, -0.25) is 9.69 Å². The summed E-state index contributed by atoms with van der Waals surface area (Å²) in [6.07, 6.45) is -0.283. The van der Waals surface area contributed by atoms with Crippen LogP contribution in [0.1, 0.15) is 27.6 Å². The first-order chi connectivity index (χ1) is 12.1. The van der Waals surface area contributed by atoms with Crippen molar-refractivity contribution in [3.8, 4) is 0 Å². The summed E-state index contributed by atoms with van der Waals surface area (Å²) in [4.78, 5) is 13.8. The van der Waals surface area contributed by atoms with E-state index >= 15 is 0 Å². The van der Waals surface area contributed by atoms with E-state index in [1.165, 1.54) is 6.07 Å². The second kappa shape index (κ2) is 7.72. The van der Waals surface area contributed by atoms with E-state index in [1.54, 1.807) is 25.2 Å². The standard InChI is InChI=1S/C19H20F2N2O2/c1-22-19(24)14-4-2-13(3-5-14)11-23-8-9-25-18(12-23)15-6-7-16(20)17(21)10-15/h2-7,10,18H,8-9,11-12H2,1H3,(H,22,24). The molecule has 1 N–H and O–H groups in total. The van der Waals surface area contributed by atoms with Crippen LogP contribution in [-0.4, -0.2) is 37.6 Å². The van der Waals surface area contributed by atoms with Gasteiger partial charge in [-0.25, -0.2) is 8.78 Å². The van der Waals surface area contributed by atoms with Crippen LogP contribution in [0.25, 0.3) is 0 Å². The van der Waals surface area contributed by atoms with Gasteiger partial charge in [-0.05, 0) is 35.4 Å². The van der Waals surface area contributed by atoms with Crippen LogP contribution < -0.4 is 5.32 Å². The molecule has 25 heavy (non-hydrogen) atoms. The van der Waals surface area contributed by atoms with Crippen molar-refractivity contribution in [1.29, 1.82) is 0 Å². The van der Waals surface area contributed by atoms with Crippen molar-refractivity contribution < 1.29 is 18.3 Å². The molecule has 1 saturated heterocycles. The molecule has 2 aromatic carbocycles. The molecular formula is C19H20F2N2O2. The van der Waals surface area contributed by atoms with E-state index in [0.717, 1.165) is 18.2 Å². The lowest BCUT2D eigenvalue weighted by Crippen LogP contribution is -2.37. The monoisotopic (exact) mass is 346 g/mol. The van der Waals surface area contributed by atoms with E-state index in [2.05, 4.69) is 10.2 Å². The number of benzene rings is 2. The quantitative estimate of drug-likeness (QED) is 0.926. The molecule has 1 fully saturated rings. The second-order valence-electron chi connectivity index (χ2n) is 6.04. The number of ether oxygens (including phenoxy) is 1. The Morgan fingerprint density at radius 1 is 1.20 bits per heavy atom. The number of nitrogens with one attached hydrogen (secondary N) is 1. The van der Waals surface area contributed by atoms with E-state index in [1.807, 2.05) is 12.1 Å². The third-order valence-corrected chi connectivity index (χ3v) is 4.32. The van der Waals surface area contributed by atoms with Gasteiger partial charge in [-0.15, -0.1) is 0 Å². The Kier molecular flexibility index (Phi) is 5.40. The van der Waals surface area contributed by atoms with E-state index in [4.69, 9.17) is 4.74 Å². The van der Waals surface area contributed by atoms with Crippen LogP contribution >= 0.6 is 0 Å². The second-order valence-corrected chi connectivity index (χ2v) is 6.04. The van der Waals surface area contributed by atoms with E-state index in [9.17, 15) is 13.6 Å². The average Bonchev–Trinajstić information content (AvgIpc) is 2.64. The van der Waals surface area contributed by atoms with Gasteiger partial charge in [0, 0.05) is 32.2 Å². The minimum atomic E-state index is -0.858. The number of hydrogen-bond acceptors (Lipinski definition) is 3. The summed E-state index contributed by atoms with van der Waals surface area (Å²) in [5.74, 6) is -1.83. The van der Waals surface area contributed by atoms with Crippen molar-refractivity contribution in [2.75, 3.05) is 26.7 Å². The highest BCUT2D eigenvalue weighted by atomic mass is 19.2. The maximum absolute atomic E-state index is 13.4.